The van der Waals surface area contributed by atoms with Gasteiger partial charge in [0, 0.05) is 12.4 Å². The quantitative estimate of drug-likeness (QED) is 0.617. The monoisotopic (exact) mass is 212 g/mol. The molecule has 0 bridgehead atoms. The number of nitrogens with zero attached hydrogens (tertiary/aromatic N) is 3. The molecular formula is C12H12N4. The largest absolute Gasteiger partial charge is 0.382 e. The highest BCUT2D eigenvalue weighted by molar-refractivity contribution is 5.95. The van der Waals surface area contributed by atoms with Gasteiger partial charge < -0.3 is 5.73 Å². The first-order valence-corrected chi connectivity index (χ1v) is 4.97. The molecule has 2 aromatic heterocycles. The number of hydrogen-bond acceptors (Lipinski definition) is 3. The molecule has 0 atom stereocenters. The van der Waals surface area contributed by atoms with Gasteiger partial charge in [0.1, 0.15) is 11.5 Å². The Bertz CT molecular complexity index is 465. The summed E-state index contributed by atoms with van der Waals surface area (Å²) < 4.78 is 0. The van der Waals surface area contributed by atoms with Crippen molar-refractivity contribution in [2.75, 3.05) is 0 Å². The minimum absolute atomic E-state index is 0.436. The first-order chi connectivity index (χ1) is 7.86. The molecule has 4 heteroatoms. The molecule has 2 heterocycles. The summed E-state index contributed by atoms with van der Waals surface area (Å²) in [5.41, 5.74) is 7.39. The fraction of sp³-hybridized carbons (Fsp3) is 0.0833. The van der Waals surface area contributed by atoms with Crippen LogP contribution in [0, 0.1) is 0 Å². The summed E-state index contributed by atoms with van der Waals surface area (Å²) in [5, 5.41) is 0. The molecule has 4 nitrogen and oxygen atoms in total. The van der Waals surface area contributed by atoms with E-state index < -0.39 is 0 Å². The van der Waals surface area contributed by atoms with Gasteiger partial charge in [0.2, 0.25) is 0 Å². The highest BCUT2D eigenvalue weighted by atomic mass is 14.9. The number of pyridine rings is 2. The third kappa shape index (κ3) is 2.63. The molecule has 16 heavy (non-hydrogen) atoms. The highest BCUT2D eigenvalue weighted by Gasteiger charge is 1.98. The van der Waals surface area contributed by atoms with Crippen molar-refractivity contribution in [1.82, 2.24) is 9.97 Å². The summed E-state index contributed by atoms with van der Waals surface area (Å²) in [6.07, 6.45) is 3.43. The van der Waals surface area contributed by atoms with Gasteiger partial charge in [-0.25, -0.2) is 0 Å². The van der Waals surface area contributed by atoms with E-state index in [0.29, 0.717) is 18.1 Å². The van der Waals surface area contributed by atoms with Crippen LogP contribution in [0.3, 0.4) is 0 Å². The molecule has 2 N–H and O–H groups in total. The molecule has 0 fully saturated rings. The van der Waals surface area contributed by atoms with E-state index in [1.807, 2.05) is 36.4 Å². The Kier molecular flexibility index (Phi) is 3.23. The number of aliphatic imine (C=N–C) groups is 1. The third-order valence-corrected chi connectivity index (χ3v) is 2.06. The lowest BCUT2D eigenvalue weighted by Crippen LogP contribution is -2.15. The van der Waals surface area contributed by atoms with Crippen molar-refractivity contribution < 1.29 is 0 Å². The second-order valence-corrected chi connectivity index (χ2v) is 3.24. The lowest BCUT2D eigenvalue weighted by molar-refractivity contribution is 0.984. The highest BCUT2D eigenvalue weighted by Crippen LogP contribution is 1.98. The third-order valence-electron chi connectivity index (χ3n) is 2.06. The van der Waals surface area contributed by atoms with Gasteiger partial charge >= 0.3 is 0 Å². The number of rotatable bonds is 3. The Labute approximate surface area is 93.9 Å². The normalized spacial score (nSPS) is 11.4. The molecule has 0 aliphatic rings. The van der Waals surface area contributed by atoms with Gasteiger partial charge in [-0.1, -0.05) is 12.1 Å². The van der Waals surface area contributed by atoms with Crippen LogP contribution in [0.4, 0.5) is 0 Å². The molecule has 0 unspecified atom stereocenters. The van der Waals surface area contributed by atoms with Crippen molar-refractivity contribution >= 4 is 5.84 Å². The van der Waals surface area contributed by atoms with Gasteiger partial charge in [0.25, 0.3) is 0 Å². The zero-order chi connectivity index (χ0) is 11.2. The first-order valence-electron chi connectivity index (χ1n) is 4.97. The smallest absolute Gasteiger partial charge is 0.145 e. The summed E-state index contributed by atoms with van der Waals surface area (Å²) >= 11 is 0. The summed E-state index contributed by atoms with van der Waals surface area (Å²) in [5.74, 6) is 0.436. The maximum absolute atomic E-state index is 5.80. The van der Waals surface area contributed by atoms with Crippen LogP contribution in [-0.2, 0) is 6.54 Å². The van der Waals surface area contributed by atoms with Gasteiger partial charge in [0.15, 0.2) is 0 Å². The zero-order valence-electron chi connectivity index (χ0n) is 8.74. The van der Waals surface area contributed by atoms with Gasteiger partial charge in [-0.2, -0.15) is 0 Å². The maximum atomic E-state index is 5.80. The van der Waals surface area contributed by atoms with Crippen molar-refractivity contribution in [3.05, 3.63) is 60.2 Å². The Morgan fingerprint density at radius 2 is 1.81 bits per heavy atom. The van der Waals surface area contributed by atoms with Crippen LogP contribution in [0.15, 0.2) is 53.8 Å². The van der Waals surface area contributed by atoms with Crippen LogP contribution in [0.2, 0.25) is 0 Å². The van der Waals surface area contributed by atoms with E-state index >= 15 is 0 Å². The molecule has 2 rings (SSSR count). The van der Waals surface area contributed by atoms with Crippen LogP contribution >= 0.6 is 0 Å². The predicted octanol–water partition coefficient (Wildman–Crippen LogP) is 1.38. The minimum Gasteiger partial charge on any atom is -0.382 e. The van der Waals surface area contributed by atoms with Gasteiger partial charge in [-0.3, -0.25) is 15.0 Å². The SMILES string of the molecule is NC(=NCc1ccccn1)c1ccccn1. The summed E-state index contributed by atoms with van der Waals surface area (Å²) in [6.45, 7) is 0.475. The Balaban J connectivity index is 2.09. The van der Waals surface area contributed by atoms with Crippen LogP contribution in [0.5, 0.6) is 0 Å². The number of hydrogen-bond donors (Lipinski definition) is 1. The van der Waals surface area contributed by atoms with Crippen molar-refractivity contribution in [2.24, 2.45) is 10.7 Å². The van der Waals surface area contributed by atoms with E-state index in [-0.39, 0.29) is 0 Å². The molecule has 0 radical (unpaired) electrons. The van der Waals surface area contributed by atoms with Crippen molar-refractivity contribution in [1.29, 1.82) is 0 Å². The van der Waals surface area contributed by atoms with E-state index in [4.69, 9.17) is 5.73 Å². The summed E-state index contributed by atoms with van der Waals surface area (Å²) in [4.78, 5) is 12.5. The Morgan fingerprint density at radius 1 is 1.06 bits per heavy atom. The average molecular weight is 212 g/mol. The van der Waals surface area contributed by atoms with E-state index in [0.717, 1.165) is 5.69 Å². The zero-order valence-corrected chi connectivity index (χ0v) is 8.74. The standard InChI is InChI=1S/C12H12N4/c13-12(11-6-2-4-8-15-11)16-9-10-5-1-3-7-14-10/h1-8H,9H2,(H2,13,16). The molecule has 0 amide bonds. The summed E-state index contributed by atoms with van der Waals surface area (Å²) in [7, 11) is 0. The number of amidine groups is 1. The Hall–Kier alpha value is -2.23. The molecule has 0 saturated carbocycles. The van der Waals surface area contributed by atoms with Gasteiger partial charge in [-0.15, -0.1) is 0 Å². The predicted molar refractivity (Wildman–Crippen MR) is 62.9 cm³/mol. The van der Waals surface area contributed by atoms with E-state index in [1.165, 1.54) is 0 Å². The lowest BCUT2D eigenvalue weighted by atomic mass is 10.3. The summed E-state index contributed by atoms with van der Waals surface area (Å²) in [6, 6.07) is 11.3. The second-order valence-electron chi connectivity index (χ2n) is 3.24. The molecular weight excluding hydrogens is 200 g/mol. The molecule has 0 aliphatic heterocycles. The maximum Gasteiger partial charge on any atom is 0.145 e. The molecule has 0 aromatic carbocycles. The molecule has 80 valence electrons. The molecule has 0 aliphatic carbocycles. The van der Waals surface area contributed by atoms with Crippen molar-refractivity contribution in [2.45, 2.75) is 6.54 Å². The van der Waals surface area contributed by atoms with E-state index in [2.05, 4.69) is 15.0 Å². The molecule has 0 spiro atoms. The lowest BCUT2D eigenvalue weighted by Gasteiger charge is -1.99. The molecule has 2 aromatic rings. The van der Waals surface area contributed by atoms with Crippen LogP contribution in [0.25, 0.3) is 0 Å². The number of aromatic nitrogens is 2. The van der Waals surface area contributed by atoms with Crippen LogP contribution < -0.4 is 5.73 Å². The van der Waals surface area contributed by atoms with E-state index in [9.17, 15) is 0 Å². The number of nitrogens with two attached hydrogens (primary N) is 1. The fourth-order valence-corrected chi connectivity index (χ4v) is 1.25. The van der Waals surface area contributed by atoms with Crippen molar-refractivity contribution in [3.8, 4) is 0 Å². The average Bonchev–Trinajstić information content (AvgIpc) is 2.38. The fourth-order valence-electron chi connectivity index (χ4n) is 1.25. The van der Waals surface area contributed by atoms with Gasteiger partial charge in [0.05, 0.1) is 12.2 Å². The topological polar surface area (TPSA) is 64.2 Å². The van der Waals surface area contributed by atoms with Crippen LogP contribution in [0.1, 0.15) is 11.4 Å². The van der Waals surface area contributed by atoms with Crippen LogP contribution in [-0.4, -0.2) is 15.8 Å². The van der Waals surface area contributed by atoms with Crippen molar-refractivity contribution in [3.63, 3.8) is 0 Å². The second kappa shape index (κ2) is 5.02. The molecule has 0 saturated heterocycles. The minimum atomic E-state index is 0.436. The first kappa shape index (κ1) is 10.3. The van der Waals surface area contributed by atoms with Gasteiger partial charge in [-0.05, 0) is 24.3 Å². The van der Waals surface area contributed by atoms with E-state index in [1.54, 1.807) is 12.4 Å². The Morgan fingerprint density at radius 3 is 2.44 bits per heavy atom.